The highest BCUT2D eigenvalue weighted by atomic mass is 32.1. The molecule has 3 rings (SSSR count). The highest BCUT2D eigenvalue weighted by molar-refractivity contribution is 7.14. The van der Waals surface area contributed by atoms with Gasteiger partial charge in [-0.3, -0.25) is 9.59 Å². The molecule has 1 aromatic heterocycles. The molecule has 0 atom stereocenters. The maximum atomic E-state index is 11.7. The van der Waals surface area contributed by atoms with Gasteiger partial charge in [0.05, 0.1) is 11.4 Å². The molecule has 0 fully saturated rings. The molecule has 0 radical (unpaired) electrons. The first-order chi connectivity index (χ1) is 10.5. The summed E-state index contributed by atoms with van der Waals surface area (Å²) < 4.78 is 5.32. The summed E-state index contributed by atoms with van der Waals surface area (Å²) in [6.45, 7) is 3.69. The summed E-state index contributed by atoms with van der Waals surface area (Å²) >= 11 is 1.37. The van der Waals surface area contributed by atoms with E-state index < -0.39 is 0 Å². The molecular weight excluding hydrogens is 302 g/mol. The first kappa shape index (κ1) is 14.5. The Labute approximate surface area is 131 Å². The fraction of sp³-hybridized carbons (Fsp3) is 0.267. The molecule has 0 saturated carbocycles. The SMILES string of the molecule is CC(C)C(=O)Nc1nc(-c2ccc3c(c2)NC(=O)CO3)cs1. The van der Waals surface area contributed by atoms with E-state index in [4.69, 9.17) is 4.74 Å². The van der Waals surface area contributed by atoms with Crippen LogP contribution in [0.25, 0.3) is 11.3 Å². The molecule has 2 heterocycles. The molecule has 0 aliphatic carbocycles. The van der Waals surface area contributed by atoms with Crippen molar-refractivity contribution in [2.75, 3.05) is 17.2 Å². The number of hydrogen-bond donors (Lipinski definition) is 2. The summed E-state index contributed by atoms with van der Waals surface area (Å²) in [4.78, 5) is 27.4. The molecule has 2 aromatic rings. The number of aromatic nitrogens is 1. The molecule has 0 bridgehead atoms. The van der Waals surface area contributed by atoms with Crippen molar-refractivity contribution in [2.45, 2.75) is 13.8 Å². The molecule has 1 aromatic carbocycles. The number of benzene rings is 1. The molecule has 0 spiro atoms. The average molecular weight is 317 g/mol. The minimum absolute atomic E-state index is 0.0361. The second-order valence-corrected chi connectivity index (χ2v) is 6.09. The minimum Gasteiger partial charge on any atom is -0.482 e. The number of fused-ring (bicyclic) bond motifs is 1. The van der Waals surface area contributed by atoms with Crippen molar-refractivity contribution < 1.29 is 14.3 Å². The van der Waals surface area contributed by atoms with E-state index in [1.807, 2.05) is 31.4 Å². The lowest BCUT2D eigenvalue weighted by Gasteiger charge is -2.18. The molecule has 1 aliphatic rings. The van der Waals surface area contributed by atoms with E-state index in [0.29, 0.717) is 16.6 Å². The van der Waals surface area contributed by atoms with Crippen LogP contribution >= 0.6 is 11.3 Å². The quantitative estimate of drug-likeness (QED) is 0.912. The minimum atomic E-state index is -0.173. The van der Waals surface area contributed by atoms with Crippen LogP contribution in [0.5, 0.6) is 5.75 Å². The van der Waals surface area contributed by atoms with Gasteiger partial charge in [-0.05, 0) is 18.2 Å². The van der Waals surface area contributed by atoms with Crippen molar-refractivity contribution in [1.29, 1.82) is 0 Å². The van der Waals surface area contributed by atoms with Gasteiger partial charge in [-0.1, -0.05) is 13.8 Å². The lowest BCUT2D eigenvalue weighted by atomic mass is 10.1. The number of ether oxygens (including phenoxy) is 1. The zero-order valence-corrected chi connectivity index (χ0v) is 13.0. The first-order valence-electron chi connectivity index (χ1n) is 6.86. The average Bonchev–Trinajstić information content (AvgIpc) is 2.94. The Morgan fingerprint density at radius 1 is 1.45 bits per heavy atom. The third-order valence-electron chi connectivity index (χ3n) is 3.17. The summed E-state index contributed by atoms with van der Waals surface area (Å²) in [5.41, 5.74) is 2.23. The van der Waals surface area contributed by atoms with Gasteiger partial charge >= 0.3 is 0 Å². The van der Waals surface area contributed by atoms with Gasteiger partial charge in [0.2, 0.25) is 5.91 Å². The lowest BCUT2D eigenvalue weighted by Crippen LogP contribution is -2.25. The number of rotatable bonds is 3. The van der Waals surface area contributed by atoms with Crippen molar-refractivity contribution in [1.82, 2.24) is 4.98 Å². The van der Waals surface area contributed by atoms with Crippen LogP contribution in [0.15, 0.2) is 23.6 Å². The molecule has 2 N–H and O–H groups in total. The van der Waals surface area contributed by atoms with E-state index in [2.05, 4.69) is 15.6 Å². The van der Waals surface area contributed by atoms with E-state index in [1.165, 1.54) is 11.3 Å². The maximum absolute atomic E-state index is 11.7. The number of nitrogens with one attached hydrogen (secondary N) is 2. The summed E-state index contributed by atoms with van der Waals surface area (Å²) in [7, 11) is 0. The zero-order valence-electron chi connectivity index (χ0n) is 12.2. The largest absolute Gasteiger partial charge is 0.482 e. The van der Waals surface area contributed by atoms with Gasteiger partial charge in [-0.15, -0.1) is 11.3 Å². The van der Waals surface area contributed by atoms with E-state index >= 15 is 0 Å². The predicted octanol–water partition coefficient (Wildman–Crippen LogP) is 2.74. The number of amides is 2. The van der Waals surface area contributed by atoms with Crippen molar-refractivity contribution in [3.8, 4) is 17.0 Å². The second kappa shape index (κ2) is 5.76. The van der Waals surface area contributed by atoms with Gasteiger partial charge in [-0.25, -0.2) is 4.98 Å². The number of carbonyl (C=O) groups is 2. The molecule has 1 aliphatic heterocycles. The normalized spacial score (nSPS) is 13.3. The Balaban J connectivity index is 1.83. The predicted molar refractivity (Wildman–Crippen MR) is 85.1 cm³/mol. The monoisotopic (exact) mass is 317 g/mol. The topological polar surface area (TPSA) is 80.3 Å². The standard InChI is InChI=1S/C15H15N3O3S/c1-8(2)14(20)18-15-17-11(7-22-15)9-3-4-12-10(5-9)16-13(19)6-21-12/h3-5,7-8H,6H2,1-2H3,(H,16,19)(H,17,18,20). The molecule has 2 amide bonds. The molecular formula is C15H15N3O3S. The first-order valence-corrected chi connectivity index (χ1v) is 7.74. The Morgan fingerprint density at radius 2 is 2.27 bits per heavy atom. The van der Waals surface area contributed by atoms with Gasteiger partial charge in [-0.2, -0.15) is 0 Å². The van der Waals surface area contributed by atoms with Crippen LogP contribution < -0.4 is 15.4 Å². The number of nitrogens with zero attached hydrogens (tertiary/aromatic N) is 1. The van der Waals surface area contributed by atoms with Gasteiger partial charge in [0.25, 0.3) is 5.91 Å². The Bertz CT molecular complexity index is 739. The molecule has 22 heavy (non-hydrogen) atoms. The van der Waals surface area contributed by atoms with Crippen molar-refractivity contribution in [3.63, 3.8) is 0 Å². The third kappa shape index (κ3) is 2.94. The van der Waals surface area contributed by atoms with Crippen LogP contribution in [0, 0.1) is 5.92 Å². The van der Waals surface area contributed by atoms with Crippen molar-refractivity contribution >= 4 is 34.0 Å². The Morgan fingerprint density at radius 3 is 3.05 bits per heavy atom. The summed E-state index contributed by atoms with van der Waals surface area (Å²) in [5.74, 6) is 0.315. The molecule has 6 nitrogen and oxygen atoms in total. The van der Waals surface area contributed by atoms with Crippen LogP contribution in [-0.2, 0) is 9.59 Å². The second-order valence-electron chi connectivity index (χ2n) is 5.23. The smallest absolute Gasteiger partial charge is 0.262 e. The fourth-order valence-electron chi connectivity index (χ4n) is 1.96. The molecule has 0 saturated heterocycles. The van der Waals surface area contributed by atoms with Crippen molar-refractivity contribution in [2.24, 2.45) is 5.92 Å². The van der Waals surface area contributed by atoms with Crippen LogP contribution in [-0.4, -0.2) is 23.4 Å². The lowest BCUT2D eigenvalue weighted by molar-refractivity contribution is -0.119. The van der Waals surface area contributed by atoms with Crippen LogP contribution in [0.4, 0.5) is 10.8 Å². The van der Waals surface area contributed by atoms with E-state index in [1.54, 1.807) is 6.07 Å². The molecule has 114 valence electrons. The van der Waals surface area contributed by atoms with E-state index in [0.717, 1.165) is 11.3 Å². The Hall–Kier alpha value is -2.41. The molecule has 0 unspecified atom stereocenters. The zero-order chi connectivity index (χ0) is 15.7. The summed E-state index contributed by atoms with van der Waals surface area (Å²) in [6, 6.07) is 5.49. The number of anilines is 2. The Kier molecular flexibility index (Phi) is 3.81. The van der Waals surface area contributed by atoms with Crippen molar-refractivity contribution in [3.05, 3.63) is 23.6 Å². The maximum Gasteiger partial charge on any atom is 0.262 e. The highest BCUT2D eigenvalue weighted by Gasteiger charge is 2.17. The fourth-order valence-corrected chi connectivity index (χ4v) is 2.68. The summed E-state index contributed by atoms with van der Waals surface area (Å²) in [6.07, 6.45) is 0. The number of thiazole rings is 1. The van der Waals surface area contributed by atoms with Gasteiger partial charge in [0, 0.05) is 16.9 Å². The highest BCUT2D eigenvalue weighted by Crippen LogP contribution is 2.33. The van der Waals surface area contributed by atoms with Gasteiger partial charge in [0.15, 0.2) is 11.7 Å². The van der Waals surface area contributed by atoms with E-state index in [-0.39, 0.29) is 24.3 Å². The van der Waals surface area contributed by atoms with Crippen LogP contribution in [0.1, 0.15) is 13.8 Å². The number of hydrogen-bond acceptors (Lipinski definition) is 5. The van der Waals surface area contributed by atoms with Gasteiger partial charge in [0.1, 0.15) is 5.75 Å². The summed E-state index contributed by atoms with van der Waals surface area (Å²) in [5, 5.41) is 7.97. The van der Waals surface area contributed by atoms with E-state index in [9.17, 15) is 9.59 Å². The third-order valence-corrected chi connectivity index (χ3v) is 3.92. The molecule has 7 heteroatoms. The van der Waals surface area contributed by atoms with Crippen LogP contribution in [0.3, 0.4) is 0 Å². The number of carbonyl (C=O) groups excluding carboxylic acids is 2. The van der Waals surface area contributed by atoms with Gasteiger partial charge < -0.3 is 15.4 Å². The van der Waals surface area contributed by atoms with Crippen LogP contribution in [0.2, 0.25) is 0 Å².